The summed E-state index contributed by atoms with van der Waals surface area (Å²) in [5, 5.41) is 13.5. The number of hydrogen-bond donors (Lipinski definition) is 3. The van der Waals surface area contributed by atoms with Crippen LogP contribution in [0.1, 0.15) is 12.6 Å². The summed E-state index contributed by atoms with van der Waals surface area (Å²) < 4.78 is 0. The van der Waals surface area contributed by atoms with Crippen molar-refractivity contribution in [3.8, 4) is 11.3 Å². The van der Waals surface area contributed by atoms with E-state index in [2.05, 4.69) is 53.3 Å². The summed E-state index contributed by atoms with van der Waals surface area (Å²) in [7, 11) is 0. The van der Waals surface area contributed by atoms with E-state index in [9.17, 15) is 4.79 Å². The van der Waals surface area contributed by atoms with Gasteiger partial charge < -0.3 is 15.2 Å². The van der Waals surface area contributed by atoms with Crippen LogP contribution in [-0.2, 0) is 6.54 Å². The molecule has 3 N–H and O–H groups in total. The molecule has 0 unspecified atom stereocenters. The predicted octanol–water partition coefficient (Wildman–Crippen LogP) is 3.14. The third-order valence-electron chi connectivity index (χ3n) is 6.80. The lowest BCUT2D eigenvalue weighted by Crippen LogP contribution is -2.45. The SMILES string of the molecule is CCN1CCN(Cc2n[nH]c3cc(Nc4nc(-c5cncnc5)cc5cc[nH]c(=O)c45)ccc23)CC1. The molecule has 0 amide bonds. The molecule has 0 saturated carbocycles. The molecule has 4 aromatic heterocycles. The molecular formula is C26H27N9O. The van der Waals surface area contributed by atoms with Gasteiger partial charge in [-0.15, -0.1) is 0 Å². The van der Waals surface area contributed by atoms with Crippen LogP contribution in [0.4, 0.5) is 11.5 Å². The molecule has 0 atom stereocenters. The number of fused-ring (bicyclic) bond motifs is 2. The maximum absolute atomic E-state index is 12.7. The van der Waals surface area contributed by atoms with Crippen LogP contribution < -0.4 is 10.9 Å². The van der Waals surface area contributed by atoms with Gasteiger partial charge in [-0.1, -0.05) is 6.92 Å². The van der Waals surface area contributed by atoms with Gasteiger partial charge in [0.1, 0.15) is 12.1 Å². The number of piperazine rings is 1. The van der Waals surface area contributed by atoms with Gasteiger partial charge in [-0.05, 0) is 42.3 Å². The number of pyridine rings is 2. The fourth-order valence-corrected chi connectivity index (χ4v) is 4.77. The number of aromatic amines is 2. The average molecular weight is 482 g/mol. The van der Waals surface area contributed by atoms with Gasteiger partial charge in [0.15, 0.2) is 0 Å². The number of anilines is 2. The highest BCUT2D eigenvalue weighted by Gasteiger charge is 2.18. The fourth-order valence-electron chi connectivity index (χ4n) is 4.77. The Hall–Kier alpha value is -4.15. The van der Waals surface area contributed by atoms with Gasteiger partial charge in [-0.3, -0.25) is 14.8 Å². The zero-order valence-electron chi connectivity index (χ0n) is 20.0. The maximum atomic E-state index is 12.7. The Morgan fingerprint density at radius 3 is 2.64 bits per heavy atom. The van der Waals surface area contributed by atoms with E-state index >= 15 is 0 Å². The number of likely N-dealkylation sites (N-methyl/N-ethyl adjacent to an activating group) is 1. The van der Waals surface area contributed by atoms with E-state index in [1.165, 1.54) is 6.33 Å². The largest absolute Gasteiger partial charge is 0.339 e. The minimum Gasteiger partial charge on any atom is -0.339 e. The molecule has 1 aliphatic heterocycles. The molecule has 0 spiro atoms. The topological polar surface area (TPSA) is 119 Å². The third-order valence-corrected chi connectivity index (χ3v) is 6.80. The van der Waals surface area contributed by atoms with Crippen LogP contribution in [0.15, 0.2) is 60.0 Å². The van der Waals surface area contributed by atoms with Crippen molar-refractivity contribution in [2.45, 2.75) is 13.5 Å². The molecule has 5 aromatic rings. The Balaban J connectivity index is 1.31. The van der Waals surface area contributed by atoms with Crippen molar-refractivity contribution in [1.29, 1.82) is 0 Å². The molecular weight excluding hydrogens is 454 g/mol. The smallest absolute Gasteiger partial charge is 0.259 e. The molecule has 10 nitrogen and oxygen atoms in total. The van der Waals surface area contributed by atoms with Crippen LogP contribution in [0, 0.1) is 0 Å². The highest BCUT2D eigenvalue weighted by atomic mass is 16.1. The highest BCUT2D eigenvalue weighted by Crippen LogP contribution is 2.29. The Labute approximate surface area is 207 Å². The van der Waals surface area contributed by atoms with Crippen molar-refractivity contribution >= 4 is 33.2 Å². The van der Waals surface area contributed by atoms with Gasteiger partial charge in [0.2, 0.25) is 0 Å². The summed E-state index contributed by atoms with van der Waals surface area (Å²) in [6.45, 7) is 8.45. The number of benzene rings is 1. The summed E-state index contributed by atoms with van der Waals surface area (Å²) in [5.41, 5.74) is 4.06. The lowest BCUT2D eigenvalue weighted by molar-refractivity contribution is 0.131. The molecule has 182 valence electrons. The number of nitrogens with zero attached hydrogens (tertiary/aromatic N) is 6. The van der Waals surface area contributed by atoms with Gasteiger partial charge in [-0.25, -0.2) is 15.0 Å². The van der Waals surface area contributed by atoms with Gasteiger partial charge >= 0.3 is 0 Å². The molecule has 1 saturated heterocycles. The van der Waals surface area contributed by atoms with Crippen molar-refractivity contribution in [2.24, 2.45) is 0 Å². The molecule has 36 heavy (non-hydrogen) atoms. The van der Waals surface area contributed by atoms with Gasteiger partial charge in [0, 0.05) is 68.0 Å². The van der Waals surface area contributed by atoms with Gasteiger partial charge in [0.05, 0.1) is 22.3 Å². The molecule has 6 rings (SSSR count). The van der Waals surface area contributed by atoms with Gasteiger partial charge in [-0.2, -0.15) is 5.10 Å². The molecule has 5 heterocycles. The normalized spacial score (nSPS) is 15.0. The zero-order chi connectivity index (χ0) is 24.5. The Morgan fingerprint density at radius 2 is 1.83 bits per heavy atom. The summed E-state index contributed by atoms with van der Waals surface area (Å²) in [4.78, 5) is 33.3. The lowest BCUT2D eigenvalue weighted by Gasteiger charge is -2.33. The molecule has 1 aromatic carbocycles. The summed E-state index contributed by atoms with van der Waals surface area (Å²) in [6.07, 6.45) is 6.53. The third kappa shape index (κ3) is 4.32. The van der Waals surface area contributed by atoms with E-state index in [0.717, 1.165) is 72.5 Å². The molecule has 1 aliphatic rings. The van der Waals surface area contributed by atoms with Crippen LogP contribution in [0.3, 0.4) is 0 Å². The summed E-state index contributed by atoms with van der Waals surface area (Å²) in [5.74, 6) is 0.473. The van der Waals surface area contributed by atoms with Crippen LogP contribution >= 0.6 is 0 Å². The Morgan fingerprint density at radius 1 is 1.03 bits per heavy atom. The fraction of sp³-hybridized carbons (Fsp3) is 0.269. The first-order valence-corrected chi connectivity index (χ1v) is 12.1. The van der Waals surface area contributed by atoms with E-state index in [4.69, 9.17) is 4.98 Å². The summed E-state index contributed by atoms with van der Waals surface area (Å²) >= 11 is 0. The van der Waals surface area contributed by atoms with Crippen molar-refractivity contribution in [3.05, 3.63) is 71.3 Å². The van der Waals surface area contributed by atoms with E-state index in [1.54, 1.807) is 18.6 Å². The monoisotopic (exact) mass is 481 g/mol. The Kier molecular flexibility index (Phi) is 5.88. The minimum atomic E-state index is -0.202. The van der Waals surface area contributed by atoms with Gasteiger partial charge in [0.25, 0.3) is 5.56 Å². The zero-order valence-corrected chi connectivity index (χ0v) is 20.0. The number of hydrogen-bond acceptors (Lipinski definition) is 8. The molecule has 10 heteroatoms. The van der Waals surface area contributed by atoms with Crippen molar-refractivity contribution in [2.75, 3.05) is 38.0 Å². The minimum absolute atomic E-state index is 0.202. The second-order valence-electron chi connectivity index (χ2n) is 9.02. The van der Waals surface area contributed by atoms with Crippen LogP contribution in [-0.4, -0.2) is 72.7 Å². The second kappa shape index (κ2) is 9.48. The number of aromatic nitrogens is 6. The molecule has 1 fully saturated rings. The summed E-state index contributed by atoms with van der Waals surface area (Å²) in [6, 6.07) is 9.81. The standard InChI is InChI=1S/C26H27N9O/c1-2-34-7-9-35(10-8-34)15-23-20-4-3-19(12-22(20)32-33-23)30-25-24-17(5-6-29-26(24)36)11-21(31-25)18-13-27-16-28-14-18/h3-6,11-14,16H,2,7-10,15H2,1H3,(H,29,36)(H,30,31)(H,32,33). The van der Waals surface area contributed by atoms with Crippen LogP contribution in [0.5, 0.6) is 0 Å². The first-order valence-electron chi connectivity index (χ1n) is 12.1. The number of H-pyrrole nitrogens is 2. The average Bonchev–Trinajstić information content (AvgIpc) is 3.31. The molecule has 0 bridgehead atoms. The predicted molar refractivity (Wildman–Crippen MR) is 140 cm³/mol. The van der Waals surface area contributed by atoms with Crippen molar-refractivity contribution < 1.29 is 0 Å². The quantitative estimate of drug-likeness (QED) is 0.339. The first kappa shape index (κ1) is 22.3. The van der Waals surface area contributed by atoms with E-state index in [0.29, 0.717) is 16.9 Å². The Bertz CT molecular complexity index is 1570. The van der Waals surface area contributed by atoms with E-state index in [-0.39, 0.29) is 5.56 Å². The highest BCUT2D eigenvalue weighted by molar-refractivity contribution is 5.96. The van der Waals surface area contributed by atoms with Crippen LogP contribution in [0.2, 0.25) is 0 Å². The molecule has 0 aliphatic carbocycles. The number of nitrogens with one attached hydrogen (secondary N) is 3. The van der Waals surface area contributed by atoms with E-state index in [1.807, 2.05) is 24.3 Å². The van der Waals surface area contributed by atoms with E-state index < -0.39 is 0 Å². The maximum Gasteiger partial charge on any atom is 0.259 e. The molecule has 0 radical (unpaired) electrons. The van der Waals surface area contributed by atoms with Crippen molar-refractivity contribution in [3.63, 3.8) is 0 Å². The lowest BCUT2D eigenvalue weighted by atomic mass is 10.1. The first-order chi connectivity index (χ1) is 17.7. The number of rotatable bonds is 6. The second-order valence-corrected chi connectivity index (χ2v) is 9.02. The van der Waals surface area contributed by atoms with Crippen molar-refractivity contribution in [1.82, 2.24) is 39.9 Å². The van der Waals surface area contributed by atoms with Crippen LogP contribution in [0.25, 0.3) is 32.9 Å².